The summed E-state index contributed by atoms with van der Waals surface area (Å²) >= 11 is 0. The van der Waals surface area contributed by atoms with E-state index in [2.05, 4.69) is 20.3 Å². The maximum Gasteiger partial charge on any atom is 0.416 e. The molecule has 0 aliphatic heterocycles. The molecular weight excluding hydrogens is 401 g/mol. The van der Waals surface area contributed by atoms with Crippen molar-refractivity contribution in [1.29, 1.82) is 0 Å². The number of rotatable bonds is 5. The van der Waals surface area contributed by atoms with Crippen LogP contribution in [0.1, 0.15) is 24.1 Å². The Kier molecular flexibility index (Phi) is 5.66. The van der Waals surface area contributed by atoms with Crippen LogP contribution in [0.5, 0.6) is 0 Å². The Balaban J connectivity index is 1.77. The van der Waals surface area contributed by atoms with Crippen LogP contribution >= 0.6 is 0 Å². The number of nitrogens with one attached hydrogen (secondary N) is 1. The summed E-state index contributed by atoms with van der Waals surface area (Å²) in [5.74, 6) is 0.831. The van der Waals surface area contributed by atoms with Crippen molar-refractivity contribution in [2.75, 3.05) is 5.32 Å². The van der Waals surface area contributed by atoms with Crippen molar-refractivity contribution >= 4 is 5.82 Å². The summed E-state index contributed by atoms with van der Waals surface area (Å²) < 4.78 is 39.6. The Morgan fingerprint density at radius 2 is 1.58 bits per heavy atom. The van der Waals surface area contributed by atoms with E-state index in [0.29, 0.717) is 28.6 Å². The normalized spacial score (nSPS) is 12.4. The van der Waals surface area contributed by atoms with Crippen LogP contribution in [-0.2, 0) is 6.18 Å². The minimum Gasteiger partial charge on any atom is -0.363 e. The Morgan fingerprint density at radius 1 is 0.806 bits per heavy atom. The van der Waals surface area contributed by atoms with Crippen LogP contribution in [0, 0.1) is 0 Å². The van der Waals surface area contributed by atoms with E-state index in [1.807, 2.05) is 43.3 Å². The maximum absolute atomic E-state index is 13.2. The van der Waals surface area contributed by atoms with Crippen LogP contribution in [0.3, 0.4) is 0 Å². The van der Waals surface area contributed by atoms with E-state index in [9.17, 15) is 13.2 Å². The molecule has 0 aliphatic rings. The second-order valence-corrected chi connectivity index (χ2v) is 7.03. The fourth-order valence-corrected chi connectivity index (χ4v) is 3.18. The van der Waals surface area contributed by atoms with Crippen LogP contribution in [0.15, 0.2) is 85.1 Å². The lowest BCUT2D eigenvalue weighted by atomic mass is 10.1. The van der Waals surface area contributed by atoms with Gasteiger partial charge in [-0.2, -0.15) is 13.2 Å². The van der Waals surface area contributed by atoms with Gasteiger partial charge in [-0.25, -0.2) is 9.97 Å². The monoisotopic (exact) mass is 420 g/mol. The molecule has 0 bridgehead atoms. The summed E-state index contributed by atoms with van der Waals surface area (Å²) in [5.41, 5.74) is 1.59. The lowest BCUT2D eigenvalue weighted by Crippen LogP contribution is -2.09. The van der Waals surface area contributed by atoms with Gasteiger partial charge in [0.2, 0.25) is 0 Å². The van der Waals surface area contributed by atoms with Crippen molar-refractivity contribution in [2.24, 2.45) is 0 Å². The summed E-state index contributed by atoms with van der Waals surface area (Å²) in [7, 11) is 0. The molecule has 1 N–H and O–H groups in total. The highest BCUT2D eigenvalue weighted by atomic mass is 19.4. The van der Waals surface area contributed by atoms with Crippen LogP contribution in [0.4, 0.5) is 19.0 Å². The zero-order valence-electron chi connectivity index (χ0n) is 16.6. The Bertz CT molecular complexity index is 1160. The number of halogens is 3. The average Bonchev–Trinajstić information content (AvgIpc) is 2.79. The van der Waals surface area contributed by atoms with E-state index >= 15 is 0 Å². The predicted octanol–water partition coefficient (Wildman–Crippen LogP) is 6.40. The molecule has 0 saturated carbocycles. The van der Waals surface area contributed by atoms with Crippen molar-refractivity contribution in [3.8, 4) is 22.8 Å². The Hall–Kier alpha value is -3.74. The summed E-state index contributed by atoms with van der Waals surface area (Å²) in [6, 6.07) is 21.9. The first-order chi connectivity index (χ1) is 14.9. The molecule has 2 heterocycles. The van der Waals surface area contributed by atoms with Crippen LogP contribution in [0.25, 0.3) is 22.8 Å². The second kappa shape index (κ2) is 8.55. The minimum atomic E-state index is -4.43. The molecule has 2 aromatic carbocycles. The average molecular weight is 420 g/mol. The number of hydrogen-bond acceptors (Lipinski definition) is 4. The van der Waals surface area contributed by atoms with Crippen molar-refractivity contribution in [3.05, 3.63) is 96.2 Å². The van der Waals surface area contributed by atoms with Crippen molar-refractivity contribution in [1.82, 2.24) is 15.0 Å². The molecule has 2 aromatic heterocycles. The molecule has 1 unspecified atom stereocenters. The lowest BCUT2D eigenvalue weighted by Gasteiger charge is -2.16. The molecule has 0 radical (unpaired) electrons. The first-order valence-electron chi connectivity index (χ1n) is 9.70. The van der Waals surface area contributed by atoms with Gasteiger partial charge in [-0.3, -0.25) is 4.98 Å². The highest BCUT2D eigenvalue weighted by molar-refractivity contribution is 5.67. The quantitative estimate of drug-likeness (QED) is 0.406. The largest absolute Gasteiger partial charge is 0.416 e. The molecule has 1 atom stereocenters. The van der Waals surface area contributed by atoms with Crippen molar-refractivity contribution in [3.63, 3.8) is 0 Å². The summed E-state index contributed by atoms with van der Waals surface area (Å²) in [5, 5.41) is 3.32. The molecule has 31 heavy (non-hydrogen) atoms. The van der Waals surface area contributed by atoms with Gasteiger partial charge in [0.15, 0.2) is 5.82 Å². The molecule has 0 aliphatic carbocycles. The molecular formula is C24H19F3N4. The molecule has 7 heteroatoms. The third-order valence-electron chi connectivity index (χ3n) is 4.77. The summed E-state index contributed by atoms with van der Waals surface area (Å²) in [6.45, 7) is 1.99. The van der Waals surface area contributed by atoms with Gasteiger partial charge in [-0.1, -0.05) is 48.5 Å². The Morgan fingerprint density at radius 3 is 2.29 bits per heavy atom. The highest BCUT2D eigenvalue weighted by Gasteiger charge is 2.30. The maximum atomic E-state index is 13.2. The highest BCUT2D eigenvalue weighted by Crippen LogP contribution is 2.33. The van der Waals surface area contributed by atoms with Gasteiger partial charge < -0.3 is 5.32 Å². The molecule has 0 saturated heterocycles. The number of nitrogens with zero attached hydrogens (tertiary/aromatic N) is 3. The van der Waals surface area contributed by atoms with Gasteiger partial charge in [0.1, 0.15) is 11.5 Å². The summed E-state index contributed by atoms with van der Waals surface area (Å²) in [4.78, 5) is 13.3. The number of alkyl halides is 3. The molecule has 0 fully saturated rings. The standard InChI is InChI=1S/C24H19F3N4/c1-16(17-8-3-2-4-9-17)29-22-15-21(18-10-7-11-19(14-18)24(25,26)27)30-23(31-22)20-12-5-6-13-28-20/h2-16H,1H3,(H,29,30,31). The zero-order valence-corrected chi connectivity index (χ0v) is 16.6. The van der Waals surface area contributed by atoms with Crippen molar-refractivity contribution in [2.45, 2.75) is 19.1 Å². The predicted molar refractivity (Wildman–Crippen MR) is 114 cm³/mol. The first kappa shape index (κ1) is 20.5. The van der Waals surface area contributed by atoms with Crippen LogP contribution in [-0.4, -0.2) is 15.0 Å². The summed E-state index contributed by atoms with van der Waals surface area (Å²) in [6.07, 6.45) is -2.81. The molecule has 156 valence electrons. The minimum absolute atomic E-state index is 0.0676. The van der Waals surface area contributed by atoms with Gasteiger partial charge in [0.05, 0.1) is 11.3 Å². The molecule has 4 nitrogen and oxygen atoms in total. The fourth-order valence-electron chi connectivity index (χ4n) is 3.18. The number of anilines is 1. The zero-order chi connectivity index (χ0) is 21.8. The van der Waals surface area contributed by atoms with E-state index in [1.165, 1.54) is 6.07 Å². The first-order valence-corrected chi connectivity index (χ1v) is 9.70. The molecule has 0 amide bonds. The fraction of sp³-hybridized carbons (Fsp3) is 0.125. The molecule has 4 aromatic rings. The smallest absolute Gasteiger partial charge is 0.363 e. The lowest BCUT2D eigenvalue weighted by molar-refractivity contribution is -0.137. The van der Waals surface area contributed by atoms with Gasteiger partial charge in [-0.05, 0) is 36.8 Å². The SMILES string of the molecule is CC(Nc1cc(-c2cccc(C(F)(F)F)c2)nc(-c2ccccn2)n1)c1ccccc1. The van der Waals surface area contributed by atoms with E-state index in [0.717, 1.165) is 17.7 Å². The van der Waals surface area contributed by atoms with Gasteiger partial charge >= 0.3 is 6.18 Å². The topological polar surface area (TPSA) is 50.7 Å². The van der Waals surface area contributed by atoms with Crippen molar-refractivity contribution < 1.29 is 13.2 Å². The Labute approximate surface area is 177 Å². The number of benzene rings is 2. The number of pyridine rings is 1. The van der Waals surface area contributed by atoms with Gasteiger partial charge in [-0.15, -0.1) is 0 Å². The third-order valence-corrected chi connectivity index (χ3v) is 4.77. The van der Waals surface area contributed by atoms with E-state index in [-0.39, 0.29) is 6.04 Å². The van der Waals surface area contributed by atoms with E-state index < -0.39 is 11.7 Å². The van der Waals surface area contributed by atoms with E-state index in [1.54, 1.807) is 30.5 Å². The second-order valence-electron chi connectivity index (χ2n) is 7.03. The van der Waals surface area contributed by atoms with Gasteiger partial charge in [0, 0.05) is 23.9 Å². The number of hydrogen-bond donors (Lipinski definition) is 1. The van der Waals surface area contributed by atoms with Crippen LogP contribution < -0.4 is 5.32 Å². The molecule has 4 rings (SSSR count). The van der Waals surface area contributed by atoms with E-state index in [4.69, 9.17) is 0 Å². The third kappa shape index (κ3) is 4.88. The number of aromatic nitrogens is 3. The van der Waals surface area contributed by atoms with Gasteiger partial charge in [0.25, 0.3) is 0 Å². The van der Waals surface area contributed by atoms with Crippen LogP contribution in [0.2, 0.25) is 0 Å². The molecule has 0 spiro atoms.